The zero-order chi connectivity index (χ0) is 8.27. The third-order valence-electron chi connectivity index (χ3n) is 0.850. The summed E-state index contributed by atoms with van der Waals surface area (Å²) in [4.78, 5) is 10.5. The van der Waals surface area contributed by atoms with Crippen LogP contribution in [0.3, 0.4) is 0 Å². The van der Waals surface area contributed by atoms with E-state index >= 15 is 0 Å². The summed E-state index contributed by atoms with van der Waals surface area (Å²) in [6, 6.07) is 0. The first-order valence-corrected chi connectivity index (χ1v) is 2.96. The second kappa shape index (κ2) is 3.17. The lowest BCUT2D eigenvalue weighted by molar-refractivity contribution is 0.282. The van der Waals surface area contributed by atoms with E-state index in [2.05, 4.69) is 27.2 Å². The Balaban J connectivity index is 2.85. The van der Waals surface area contributed by atoms with Gasteiger partial charge in [0, 0.05) is 0 Å². The number of aromatic nitrogens is 3. The van der Waals surface area contributed by atoms with Crippen molar-refractivity contribution in [1.29, 1.82) is 0 Å². The van der Waals surface area contributed by atoms with Gasteiger partial charge in [-0.2, -0.15) is 9.97 Å². The van der Waals surface area contributed by atoms with Crippen LogP contribution in [-0.4, -0.2) is 30.4 Å². The number of aliphatic hydroxyl groups excluding tert-OH is 1. The van der Waals surface area contributed by atoms with Crippen LogP contribution in [0.2, 0.25) is 0 Å². The molecule has 0 bridgehead atoms. The molecule has 6 nitrogen and oxygen atoms in total. The minimum Gasteiger partial charge on any atom is -0.485 e. The molecule has 0 aromatic carbocycles. The van der Waals surface area contributed by atoms with Crippen LogP contribution in [0.1, 0.15) is 0 Å². The molecular formula is C4H4N4O2S. The van der Waals surface area contributed by atoms with Crippen molar-refractivity contribution in [2.45, 2.75) is 0 Å². The molecule has 0 aliphatic heterocycles. The van der Waals surface area contributed by atoms with Gasteiger partial charge in [0.15, 0.2) is 0 Å². The predicted octanol–water partition coefficient (Wildman–Crippen LogP) is -0.0899. The van der Waals surface area contributed by atoms with E-state index in [1.165, 1.54) is 12.7 Å². The van der Waals surface area contributed by atoms with Gasteiger partial charge in [0.1, 0.15) is 12.7 Å². The summed E-state index contributed by atoms with van der Waals surface area (Å²) in [6.07, 6.45) is 2.34. The first-order chi connectivity index (χ1) is 5.22. The number of thiocarbonyl (C=S) groups is 1. The molecule has 2 N–H and O–H groups in total. The molecule has 0 aliphatic rings. The van der Waals surface area contributed by atoms with Gasteiger partial charge >= 0.3 is 0 Å². The highest BCUT2D eigenvalue weighted by Gasteiger charge is 2.08. The summed E-state index contributed by atoms with van der Waals surface area (Å²) in [5.74, 6) is -0.118. The lowest BCUT2D eigenvalue weighted by Gasteiger charge is -2.08. The quantitative estimate of drug-likeness (QED) is 0.452. The summed E-state index contributed by atoms with van der Waals surface area (Å²) in [6.45, 7) is 0. The van der Waals surface area contributed by atoms with Gasteiger partial charge in [-0.1, -0.05) is 0 Å². The minimum atomic E-state index is -0.712. The Kier molecular flexibility index (Phi) is 2.24. The molecule has 1 aromatic rings. The molecule has 0 atom stereocenters. The number of hydroxylamine groups is 1. The lowest BCUT2D eigenvalue weighted by Crippen LogP contribution is -2.26. The topological polar surface area (TPSA) is 82.4 Å². The second-order valence-electron chi connectivity index (χ2n) is 1.53. The molecule has 0 saturated carbocycles. The van der Waals surface area contributed by atoms with E-state index in [9.17, 15) is 0 Å². The van der Waals surface area contributed by atoms with Gasteiger partial charge in [-0.25, -0.2) is 4.98 Å². The maximum Gasteiger partial charge on any atom is 0.288 e. The molecule has 0 unspecified atom stereocenters. The third kappa shape index (κ3) is 1.79. The van der Waals surface area contributed by atoms with E-state index in [4.69, 9.17) is 10.3 Å². The highest BCUT2D eigenvalue weighted by Crippen LogP contribution is 1.99. The maximum absolute atomic E-state index is 8.89. The normalized spacial score (nSPS) is 9.18. The standard InChI is InChI=1S/C4H4N4O2S/c9-4(11)8(10)3-6-1-5-2-7-3/h1-2,10H,(H,9,11). The predicted molar refractivity (Wildman–Crippen MR) is 39.3 cm³/mol. The number of anilines is 1. The van der Waals surface area contributed by atoms with Crippen LogP contribution in [-0.2, 0) is 0 Å². The fourth-order valence-corrected chi connectivity index (χ4v) is 0.510. The average Bonchev–Trinajstić information content (AvgIpc) is 2.05. The second-order valence-corrected chi connectivity index (χ2v) is 1.90. The van der Waals surface area contributed by atoms with Crippen molar-refractivity contribution >= 4 is 23.3 Å². The Labute approximate surface area is 67.1 Å². The number of hydrogen-bond acceptors (Lipinski definition) is 5. The Morgan fingerprint density at radius 2 is 2.00 bits per heavy atom. The molecule has 1 aromatic heterocycles. The van der Waals surface area contributed by atoms with Crippen LogP contribution in [0.5, 0.6) is 0 Å². The molecule has 0 saturated heterocycles. The van der Waals surface area contributed by atoms with E-state index in [1.807, 2.05) is 0 Å². The Bertz CT molecular complexity index is 254. The summed E-state index contributed by atoms with van der Waals surface area (Å²) in [5, 5.41) is 17.0. The highest BCUT2D eigenvalue weighted by atomic mass is 32.1. The Morgan fingerprint density at radius 3 is 2.45 bits per heavy atom. The molecule has 1 rings (SSSR count). The highest BCUT2D eigenvalue weighted by molar-refractivity contribution is 7.80. The molecule has 0 fully saturated rings. The zero-order valence-corrected chi connectivity index (χ0v) is 6.06. The monoisotopic (exact) mass is 172 g/mol. The maximum atomic E-state index is 8.89. The van der Waals surface area contributed by atoms with E-state index in [0.29, 0.717) is 0 Å². The average molecular weight is 172 g/mol. The molecule has 1 heterocycles. The fraction of sp³-hybridized carbons (Fsp3) is 0. The van der Waals surface area contributed by atoms with E-state index in [-0.39, 0.29) is 11.0 Å². The van der Waals surface area contributed by atoms with Crippen LogP contribution < -0.4 is 5.06 Å². The zero-order valence-electron chi connectivity index (χ0n) is 5.25. The number of nitrogens with zero attached hydrogens (tertiary/aromatic N) is 4. The molecule has 0 radical (unpaired) electrons. The van der Waals surface area contributed by atoms with Gasteiger partial charge in [0.25, 0.3) is 11.1 Å². The van der Waals surface area contributed by atoms with Gasteiger partial charge in [0.05, 0.1) is 0 Å². The molecule has 7 heteroatoms. The molecule has 0 aliphatic carbocycles. The fourth-order valence-electron chi connectivity index (χ4n) is 0.428. The Hall–Kier alpha value is -1.34. The van der Waals surface area contributed by atoms with Crippen molar-refractivity contribution in [2.75, 3.05) is 5.06 Å². The van der Waals surface area contributed by atoms with Gasteiger partial charge in [-0.3, -0.25) is 5.21 Å². The molecule has 58 valence electrons. The molecular weight excluding hydrogens is 168 g/mol. The van der Waals surface area contributed by atoms with Crippen LogP contribution in [0, 0.1) is 0 Å². The van der Waals surface area contributed by atoms with Gasteiger partial charge < -0.3 is 5.11 Å². The number of aliphatic hydroxyl groups is 1. The summed E-state index contributed by atoms with van der Waals surface area (Å²) < 4.78 is 0. The first kappa shape index (κ1) is 7.76. The first-order valence-electron chi connectivity index (χ1n) is 2.55. The number of rotatable bonds is 1. The largest absolute Gasteiger partial charge is 0.485 e. The molecule has 11 heavy (non-hydrogen) atoms. The van der Waals surface area contributed by atoms with E-state index < -0.39 is 5.17 Å². The van der Waals surface area contributed by atoms with Crippen LogP contribution in [0.25, 0.3) is 0 Å². The SMILES string of the molecule is OC(=S)N(O)c1ncncn1. The summed E-state index contributed by atoms with van der Waals surface area (Å²) >= 11 is 4.23. The van der Waals surface area contributed by atoms with E-state index in [1.54, 1.807) is 0 Å². The van der Waals surface area contributed by atoms with Crippen molar-refractivity contribution in [2.24, 2.45) is 0 Å². The van der Waals surface area contributed by atoms with Gasteiger partial charge in [-0.15, -0.1) is 5.06 Å². The third-order valence-corrected chi connectivity index (χ3v) is 1.02. The lowest BCUT2D eigenvalue weighted by atomic mass is 10.9. The van der Waals surface area contributed by atoms with Crippen molar-refractivity contribution in [3.05, 3.63) is 12.7 Å². The van der Waals surface area contributed by atoms with Gasteiger partial charge in [0.2, 0.25) is 0 Å². The van der Waals surface area contributed by atoms with Crippen molar-refractivity contribution in [3.63, 3.8) is 0 Å². The number of hydrogen-bond donors (Lipinski definition) is 2. The van der Waals surface area contributed by atoms with Crippen molar-refractivity contribution < 1.29 is 10.3 Å². The van der Waals surface area contributed by atoms with Crippen LogP contribution in [0.4, 0.5) is 5.95 Å². The molecule has 0 spiro atoms. The molecule has 0 amide bonds. The van der Waals surface area contributed by atoms with Crippen LogP contribution >= 0.6 is 12.2 Å². The van der Waals surface area contributed by atoms with Crippen molar-refractivity contribution in [1.82, 2.24) is 15.0 Å². The minimum absolute atomic E-state index is 0.118. The smallest absolute Gasteiger partial charge is 0.288 e. The van der Waals surface area contributed by atoms with Crippen LogP contribution in [0.15, 0.2) is 12.7 Å². The van der Waals surface area contributed by atoms with E-state index in [0.717, 1.165) is 0 Å². The summed E-state index contributed by atoms with van der Waals surface area (Å²) in [5.41, 5.74) is 0. The van der Waals surface area contributed by atoms with Gasteiger partial charge in [-0.05, 0) is 12.2 Å². The summed E-state index contributed by atoms with van der Waals surface area (Å²) in [7, 11) is 0. The Morgan fingerprint density at radius 1 is 1.45 bits per heavy atom. The van der Waals surface area contributed by atoms with Crippen molar-refractivity contribution in [3.8, 4) is 0 Å².